The van der Waals surface area contributed by atoms with Gasteiger partial charge in [-0.15, -0.1) is 0 Å². The fraction of sp³-hybridized carbons (Fsp3) is 0.417. The van der Waals surface area contributed by atoms with Crippen LogP contribution in [0.1, 0.15) is 38.9 Å². The smallest absolute Gasteiger partial charge is 0.223 e. The van der Waals surface area contributed by atoms with E-state index in [1.54, 1.807) is 7.11 Å². The summed E-state index contributed by atoms with van der Waals surface area (Å²) in [6, 6.07) is 15.7. The summed E-state index contributed by atoms with van der Waals surface area (Å²) in [5.74, 6) is 2.86. The molecular weight excluding hydrogens is 378 g/mol. The first kappa shape index (κ1) is 20.3. The summed E-state index contributed by atoms with van der Waals surface area (Å²) >= 11 is 0. The highest BCUT2D eigenvalue weighted by Gasteiger charge is 2.38. The van der Waals surface area contributed by atoms with Crippen LogP contribution in [-0.4, -0.2) is 46.2 Å². The second-order valence-corrected chi connectivity index (χ2v) is 8.71. The van der Waals surface area contributed by atoms with E-state index < -0.39 is 0 Å². The molecule has 1 aromatic heterocycles. The number of likely N-dealkylation sites (tertiary alicyclic amines) is 1. The van der Waals surface area contributed by atoms with Gasteiger partial charge in [0.2, 0.25) is 5.91 Å². The van der Waals surface area contributed by atoms with Crippen molar-refractivity contribution >= 4 is 16.9 Å². The van der Waals surface area contributed by atoms with E-state index in [0.29, 0.717) is 26.1 Å². The highest BCUT2D eigenvalue weighted by Crippen LogP contribution is 2.33. The molecule has 0 spiro atoms. The maximum absolute atomic E-state index is 12.6. The molecule has 0 aliphatic carbocycles. The predicted molar refractivity (Wildman–Crippen MR) is 117 cm³/mol. The topological polar surface area (TPSA) is 56.6 Å². The van der Waals surface area contributed by atoms with Crippen molar-refractivity contribution in [1.29, 1.82) is 0 Å². The van der Waals surface area contributed by atoms with Gasteiger partial charge in [0, 0.05) is 24.4 Å². The molecule has 3 aromatic rings. The minimum atomic E-state index is -0.180. The Morgan fingerprint density at radius 1 is 1.07 bits per heavy atom. The number of imidazole rings is 1. The molecule has 1 amide bonds. The lowest BCUT2D eigenvalue weighted by molar-refractivity contribution is -0.131. The van der Waals surface area contributed by atoms with Gasteiger partial charge in [-0.05, 0) is 57.2 Å². The number of aromatic nitrogens is 2. The van der Waals surface area contributed by atoms with Crippen LogP contribution in [0.4, 0.5) is 0 Å². The minimum absolute atomic E-state index is 0.0881. The Hall–Kier alpha value is -3.02. The number of rotatable bonds is 6. The van der Waals surface area contributed by atoms with Crippen molar-refractivity contribution in [2.45, 2.75) is 45.2 Å². The normalized spacial score (nSPS) is 17.0. The summed E-state index contributed by atoms with van der Waals surface area (Å²) in [4.78, 5) is 19.5. The fourth-order valence-electron chi connectivity index (χ4n) is 4.10. The number of methoxy groups -OCH3 is 1. The second-order valence-electron chi connectivity index (χ2n) is 8.71. The molecule has 2 heterocycles. The van der Waals surface area contributed by atoms with E-state index in [1.165, 1.54) is 0 Å². The van der Waals surface area contributed by atoms with Crippen molar-refractivity contribution in [2.75, 3.05) is 20.3 Å². The van der Waals surface area contributed by atoms with Crippen molar-refractivity contribution < 1.29 is 14.3 Å². The van der Waals surface area contributed by atoms with Crippen LogP contribution >= 0.6 is 0 Å². The van der Waals surface area contributed by atoms with E-state index in [-0.39, 0.29) is 17.4 Å². The number of fused-ring (bicyclic) bond motifs is 1. The van der Waals surface area contributed by atoms with Gasteiger partial charge in [0.05, 0.1) is 24.7 Å². The molecule has 1 unspecified atom stereocenters. The van der Waals surface area contributed by atoms with Crippen molar-refractivity contribution in [3.05, 3.63) is 54.4 Å². The van der Waals surface area contributed by atoms with Crippen LogP contribution < -0.4 is 9.47 Å². The SMILES string of the molecule is COc1ccc(OCCn2c(C3CC(=O)N(C(C)(C)C)C3)nc3ccccc32)cc1. The third-order valence-corrected chi connectivity index (χ3v) is 5.63. The molecule has 6 heteroatoms. The van der Waals surface area contributed by atoms with E-state index >= 15 is 0 Å². The van der Waals surface area contributed by atoms with Crippen LogP contribution in [0.15, 0.2) is 48.5 Å². The van der Waals surface area contributed by atoms with Gasteiger partial charge in [-0.1, -0.05) is 12.1 Å². The van der Waals surface area contributed by atoms with Gasteiger partial charge in [0.25, 0.3) is 0 Å². The first-order valence-corrected chi connectivity index (χ1v) is 10.4. The Labute approximate surface area is 177 Å². The average molecular weight is 408 g/mol. The van der Waals surface area contributed by atoms with Gasteiger partial charge in [-0.3, -0.25) is 4.79 Å². The number of hydrogen-bond donors (Lipinski definition) is 0. The number of para-hydroxylation sites is 2. The zero-order valence-electron chi connectivity index (χ0n) is 18.1. The average Bonchev–Trinajstić information content (AvgIpc) is 3.29. The first-order chi connectivity index (χ1) is 14.4. The molecule has 2 aromatic carbocycles. The summed E-state index contributed by atoms with van der Waals surface area (Å²) in [7, 11) is 1.65. The zero-order chi connectivity index (χ0) is 21.3. The number of carbonyl (C=O) groups is 1. The summed E-state index contributed by atoms with van der Waals surface area (Å²) in [6.07, 6.45) is 0.500. The Morgan fingerprint density at radius 3 is 2.43 bits per heavy atom. The van der Waals surface area contributed by atoms with Gasteiger partial charge in [0.15, 0.2) is 0 Å². The number of benzene rings is 2. The van der Waals surface area contributed by atoms with E-state index in [0.717, 1.165) is 28.4 Å². The van der Waals surface area contributed by atoms with E-state index in [2.05, 4.69) is 31.4 Å². The van der Waals surface area contributed by atoms with Gasteiger partial charge < -0.3 is 18.9 Å². The van der Waals surface area contributed by atoms with Crippen LogP contribution in [0.25, 0.3) is 11.0 Å². The standard InChI is InChI=1S/C24H29N3O3/c1-24(2,3)27-16-17(15-22(27)28)23-25-20-7-5-6-8-21(20)26(23)13-14-30-19-11-9-18(29-4)10-12-19/h5-12,17H,13-16H2,1-4H3. The number of nitrogens with zero attached hydrogens (tertiary/aromatic N) is 3. The summed E-state index contributed by atoms with van der Waals surface area (Å²) in [5.41, 5.74) is 1.85. The van der Waals surface area contributed by atoms with Crippen LogP contribution in [0, 0.1) is 0 Å². The van der Waals surface area contributed by atoms with Crippen LogP contribution in [-0.2, 0) is 11.3 Å². The molecular formula is C24H29N3O3. The molecule has 6 nitrogen and oxygen atoms in total. The molecule has 0 N–H and O–H groups in total. The fourth-order valence-corrected chi connectivity index (χ4v) is 4.10. The van der Waals surface area contributed by atoms with Gasteiger partial charge >= 0.3 is 0 Å². The summed E-state index contributed by atoms with van der Waals surface area (Å²) in [6.45, 7) is 8.13. The number of ether oxygens (including phenoxy) is 2. The molecule has 0 bridgehead atoms. The molecule has 1 aliphatic rings. The Balaban J connectivity index is 1.55. The van der Waals surface area contributed by atoms with Gasteiger partial charge in [-0.2, -0.15) is 0 Å². The Morgan fingerprint density at radius 2 is 1.77 bits per heavy atom. The number of hydrogen-bond acceptors (Lipinski definition) is 4. The lowest BCUT2D eigenvalue weighted by atomic mass is 10.1. The Kier molecular flexibility index (Phi) is 5.41. The third-order valence-electron chi connectivity index (χ3n) is 5.63. The molecule has 0 saturated carbocycles. The third kappa shape index (κ3) is 3.99. The molecule has 4 rings (SSSR count). The lowest BCUT2D eigenvalue weighted by Gasteiger charge is -2.32. The molecule has 1 saturated heterocycles. The van der Waals surface area contributed by atoms with Crippen molar-refractivity contribution in [3.63, 3.8) is 0 Å². The summed E-state index contributed by atoms with van der Waals surface area (Å²) < 4.78 is 13.4. The van der Waals surface area contributed by atoms with Gasteiger partial charge in [-0.25, -0.2) is 4.98 Å². The lowest BCUT2D eigenvalue weighted by Crippen LogP contribution is -2.42. The quantitative estimate of drug-likeness (QED) is 0.613. The molecule has 1 aliphatic heterocycles. The van der Waals surface area contributed by atoms with E-state index in [4.69, 9.17) is 14.5 Å². The number of carbonyl (C=O) groups excluding carboxylic acids is 1. The molecule has 1 fully saturated rings. The van der Waals surface area contributed by atoms with Crippen LogP contribution in [0.2, 0.25) is 0 Å². The molecule has 158 valence electrons. The monoisotopic (exact) mass is 407 g/mol. The highest BCUT2D eigenvalue weighted by molar-refractivity contribution is 5.81. The maximum Gasteiger partial charge on any atom is 0.223 e. The molecule has 1 atom stereocenters. The van der Waals surface area contributed by atoms with Gasteiger partial charge in [0.1, 0.15) is 23.9 Å². The maximum atomic E-state index is 12.6. The van der Waals surface area contributed by atoms with Crippen LogP contribution in [0.5, 0.6) is 11.5 Å². The largest absolute Gasteiger partial charge is 0.497 e. The highest BCUT2D eigenvalue weighted by atomic mass is 16.5. The first-order valence-electron chi connectivity index (χ1n) is 10.4. The molecule has 0 radical (unpaired) electrons. The zero-order valence-corrected chi connectivity index (χ0v) is 18.1. The summed E-state index contributed by atoms with van der Waals surface area (Å²) in [5, 5.41) is 0. The van der Waals surface area contributed by atoms with Crippen LogP contribution in [0.3, 0.4) is 0 Å². The Bertz CT molecular complexity index is 1030. The van der Waals surface area contributed by atoms with E-state index in [1.807, 2.05) is 47.4 Å². The van der Waals surface area contributed by atoms with Crippen molar-refractivity contribution in [3.8, 4) is 11.5 Å². The predicted octanol–water partition coefficient (Wildman–Crippen LogP) is 4.24. The van der Waals surface area contributed by atoms with Crippen molar-refractivity contribution in [2.24, 2.45) is 0 Å². The molecule has 30 heavy (non-hydrogen) atoms. The van der Waals surface area contributed by atoms with Crippen molar-refractivity contribution in [1.82, 2.24) is 14.5 Å². The second kappa shape index (κ2) is 8.01. The van der Waals surface area contributed by atoms with E-state index in [9.17, 15) is 4.79 Å². The minimum Gasteiger partial charge on any atom is -0.497 e. The number of amides is 1.